The number of rotatable bonds is 14. The first-order chi connectivity index (χ1) is 15.2. The third-order valence-corrected chi connectivity index (χ3v) is 5.93. The summed E-state index contributed by atoms with van der Waals surface area (Å²) < 4.78 is 0. The van der Waals surface area contributed by atoms with Crippen LogP contribution < -0.4 is 0 Å². The Morgan fingerprint density at radius 3 is 1.06 bits per heavy atom. The molecular weight excluding hydrogens is 376 g/mol. The molecule has 0 atom stereocenters. The summed E-state index contributed by atoms with van der Waals surface area (Å²) in [7, 11) is 0. The summed E-state index contributed by atoms with van der Waals surface area (Å²) >= 11 is 0. The summed E-state index contributed by atoms with van der Waals surface area (Å²) in [5.41, 5.74) is 7.56. The normalized spacial score (nSPS) is 10.7. The van der Waals surface area contributed by atoms with Gasteiger partial charge in [-0.2, -0.15) is 9.98 Å². The van der Waals surface area contributed by atoms with Gasteiger partial charge in [0.15, 0.2) is 0 Å². The fourth-order valence-electron chi connectivity index (χ4n) is 3.98. The van der Waals surface area contributed by atoms with E-state index in [0.29, 0.717) is 0 Å². The van der Waals surface area contributed by atoms with Crippen molar-refractivity contribution >= 4 is 17.4 Å². The van der Waals surface area contributed by atoms with E-state index in [0.717, 1.165) is 37.1 Å². The molecule has 0 amide bonds. The quantitative estimate of drug-likeness (QED) is 0.273. The summed E-state index contributed by atoms with van der Waals surface area (Å²) in [6.07, 6.45) is 13.9. The highest BCUT2D eigenvalue weighted by atomic mass is 14.8. The van der Waals surface area contributed by atoms with Crippen molar-refractivity contribution in [3.05, 3.63) is 58.7 Å². The molecule has 2 aromatic carbocycles. The van der Waals surface area contributed by atoms with Crippen molar-refractivity contribution in [3.63, 3.8) is 0 Å². The van der Waals surface area contributed by atoms with Gasteiger partial charge in [0.05, 0.1) is 11.4 Å². The molecule has 0 heterocycles. The maximum absolute atomic E-state index is 4.83. The van der Waals surface area contributed by atoms with Crippen molar-refractivity contribution < 1.29 is 0 Å². The van der Waals surface area contributed by atoms with Crippen molar-refractivity contribution in [2.24, 2.45) is 9.98 Å². The van der Waals surface area contributed by atoms with Gasteiger partial charge in [0.2, 0.25) is 0 Å². The van der Waals surface area contributed by atoms with E-state index < -0.39 is 0 Å². The Hall–Kier alpha value is -2.18. The van der Waals surface area contributed by atoms with E-state index in [9.17, 15) is 0 Å². The number of nitrogens with zero attached hydrogens (tertiary/aromatic N) is 2. The van der Waals surface area contributed by atoms with Crippen molar-refractivity contribution in [3.8, 4) is 0 Å². The van der Waals surface area contributed by atoms with E-state index in [2.05, 4.69) is 70.1 Å². The molecule has 0 aliphatic rings. The van der Waals surface area contributed by atoms with Gasteiger partial charge >= 0.3 is 0 Å². The van der Waals surface area contributed by atoms with Crippen LogP contribution in [0.25, 0.3) is 0 Å². The van der Waals surface area contributed by atoms with Gasteiger partial charge in [0.25, 0.3) is 0 Å². The van der Waals surface area contributed by atoms with E-state index in [4.69, 9.17) is 9.98 Å². The maximum atomic E-state index is 4.83. The molecule has 2 nitrogen and oxygen atoms in total. The molecule has 0 unspecified atom stereocenters. The molecule has 0 bridgehead atoms. The molecule has 0 spiro atoms. The minimum absolute atomic E-state index is 1.08. The smallest absolute Gasteiger partial charge is 0.101 e. The molecule has 2 aromatic rings. The van der Waals surface area contributed by atoms with Gasteiger partial charge in [0, 0.05) is 0 Å². The third kappa shape index (κ3) is 8.11. The molecule has 0 radical (unpaired) electrons. The van der Waals surface area contributed by atoms with Crippen molar-refractivity contribution in [1.82, 2.24) is 0 Å². The summed E-state index contributed by atoms with van der Waals surface area (Å²) in [5.74, 6) is 0. The zero-order chi connectivity index (χ0) is 22.3. The third-order valence-electron chi connectivity index (χ3n) is 5.93. The molecule has 0 aromatic heterocycles. The van der Waals surface area contributed by atoms with Crippen LogP contribution in [-0.4, -0.2) is 6.01 Å². The van der Waals surface area contributed by atoms with Crippen LogP contribution in [0.4, 0.5) is 11.4 Å². The molecule has 0 aliphatic carbocycles. The van der Waals surface area contributed by atoms with Gasteiger partial charge in [-0.1, -0.05) is 89.8 Å². The Bertz CT molecular complexity index is 724. The van der Waals surface area contributed by atoms with Crippen LogP contribution in [0, 0.1) is 0 Å². The second kappa shape index (κ2) is 14.8. The van der Waals surface area contributed by atoms with E-state index in [-0.39, 0.29) is 0 Å². The molecule has 0 aliphatic heterocycles. The molecule has 0 N–H and O–H groups in total. The van der Waals surface area contributed by atoms with Gasteiger partial charge < -0.3 is 0 Å². The molecule has 0 saturated carbocycles. The lowest BCUT2D eigenvalue weighted by Gasteiger charge is -2.11. The molecule has 0 saturated heterocycles. The predicted octanol–water partition coefficient (Wildman–Crippen LogP) is 9.19. The second-order valence-electron chi connectivity index (χ2n) is 8.59. The standard InChI is InChI=1S/C29H42N2/c1-5-9-15-24-19-13-20-25(16-10-6-2)28(24)30-23-31-29-26(17-11-7-3)21-14-22-27(29)18-12-8-4/h13-14,19-22H,5-12,15-18H2,1-4H3. The molecule has 168 valence electrons. The number of unbranched alkanes of at least 4 members (excludes halogenated alkanes) is 4. The van der Waals surface area contributed by atoms with Crippen LogP contribution in [0.5, 0.6) is 0 Å². The highest BCUT2D eigenvalue weighted by Gasteiger charge is 2.09. The first-order valence-electron chi connectivity index (χ1n) is 12.6. The van der Waals surface area contributed by atoms with Crippen LogP contribution in [0.2, 0.25) is 0 Å². The zero-order valence-electron chi connectivity index (χ0n) is 20.3. The SMILES string of the molecule is CCCCc1cccc(CCCC)c1N=C=Nc1c(CCCC)cccc1CCCC. The summed E-state index contributed by atoms with van der Waals surface area (Å²) in [5, 5.41) is 0. The van der Waals surface area contributed by atoms with Gasteiger partial charge in [-0.05, 0) is 73.6 Å². The number of para-hydroxylation sites is 2. The summed E-state index contributed by atoms with van der Waals surface area (Å²) in [6.45, 7) is 8.99. The average molecular weight is 419 g/mol. The largest absolute Gasteiger partial charge is 0.187 e. The van der Waals surface area contributed by atoms with E-state index >= 15 is 0 Å². The van der Waals surface area contributed by atoms with Crippen LogP contribution in [-0.2, 0) is 25.7 Å². The molecule has 0 fully saturated rings. The summed E-state index contributed by atoms with van der Waals surface area (Å²) in [4.78, 5) is 9.67. The maximum Gasteiger partial charge on any atom is 0.101 e. The minimum Gasteiger partial charge on any atom is -0.187 e. The van der Waals surface area contributed by atoms with E-state index in [1.54, 1.807) is 0 Å². The Balaban J connectivity index is 2.44. The molecule has 31 heavy (non-hydrogen) atoms. The number of hydrogen-bond acceptors (Lipinski definition) is 2. The number of hydrogen-bond donors (Lipinski definition) is 0. The zero-order valence-corrected chi connectivity index (χ0v) is 20.3. The first kappa shape index (κ1) is 25.1. The summed E-state index contributed by atoms with van der Waals surface area (Å²) in [6, 6.07) is 16.4. The topological polar surface area (TPSA) is 24.7 Å². The van der Waals surface area contributed by atoms with Crippen molar-refractivity contribution in [1.29, 1.82) is 0 Å². The lowest BCUT2D eigenvalue weighted by atomic mass is 9.99. The average Bonchev–Trinajstić information content (AvgIpc) is 2.80. The lowest BCUT2D eigenvalue weighted by Crippen LogP contribution is -1.93. The second-order valence-corrected chi connectivity index (χ2v) is 8.59. The Morgan fingerprint density at radius 2 is 0.806 bits per heavy atom. The van der Waals surface area contributed by atoms with Gasteiger partial charge in [-0.3, -0.25) is 0 Å². The van der Waals surface area contributed by atoms with Gasteiger partial charge in [-0.25, -0.2) is 0 Å². The molecule has 2 heteroatoms. The first-order valence-corrected chi connectivity index (χ1v) is 12.6. The molecule has 2 rings (SSSR count). The van der Waals surface area contributed by atoms with Gasteiger partial charge in [-0.15, -0.1) is 0 Å². The number of benzene rings is 2. The fourth-order valence-corrected chi connectivity index (χ4v) is 3.98. The Kier molecular flexibility index (Phi) is 11.9. The van der Waals surface area contributed by atoms with Crippen LogP contribution in [0.3, 0.4) is 0 Å². The highest BCUT2D eigenvalue weighted by molar-refractivity contribution is 5.65. The fraction of sp³-hybridized carbons (Fsp3) is 0.552. The highest BCUT2D eigenvalue weighted by Crippen LogP contribution is 2.29. The number of aliphatic imine (C=N–C) groups is 2. The van der Waals surface area contributed by atoms with Crippen molar-refractivity contribution in [2.75, 3.05) is 0 Å². The Morgan fingerprint density at radius 1 is 0.516 bits per heavy atom. The number of aryl methyl sites for hydroxylation is 4. The Labute approximate surface area is 190 Å². The minimum atomic E-state index is 1.08. The molecular formula is C29H42N2. The van der Waals surface area contributed by atoms with Crippen LogP contribution >= 0.6 is 0 Å². The van der Waals surface area contributed by atoms with Crippen LogP contribution in [0.1, 0.15) is 101 Å². The van der Waals surface area contributed by atoms with E-state index in [1.807, 2.05) is 0 Å². The monoisotopic (exact) mass is 418 g/mol. The van der Waals surface area contributed by atoms with E-state index in [1.165, 1.54) is 73.6 Å². The lowest BCUT2D eigenvalue weighted by molar-refractivity contribution is 0.781. The predicted molar refractivity (Wildman–Crippen MR) is 137 cm³/mol. The van der Waals surface area contributed by atoms with Gasteiger partial charge in [0.1, 0.15) is 6.01 Å². The van der Waals surface area contributed by atoms with Crippen LogP contribution in [0.15, 0.2) is 46.4 Å². The van der Waals surface area contributed by atoms with Crippen molar-refractivity contribution in [2.45, 2.75) is 105 Å².